The zero-order valence-corrected chi connectivity index (χ0v) is 9.20. The Morgan fingerprint density at radius 1 is 1.47 bits per heavy atom. The molecule has 4 nitrogen and oxygen atoms in total. The first-order chi connectivity index (χ1) is 7.15. The summed E-state index contributed by atoms with van der Waals surface area (Å²) in [6.07, 6.45) is 0. The van der Waals surface area contributed by atoms with Gasteiger partial charge < -0.3 is 10.5 Å². The van der Waals surface area contributed by atoms with Gasteiger partial charge in [0.05, 0.1) is 10.8 Å². The first kappa shape index (κ1) is 11.9. The molecule has 0 spiro atoms. The summed E-state index contributed by atoms with van der Waals surface area (Å²) < 4.78 is 16.8. The minimum absolute atomic E-state index is 0.187. The van der Waals surface area contributed by atoms with E-state index >= 15 is 0 Å². The van der Waals surface area contributed by atoms with Gasteiger partial charge in [0.15, 0.2) is 5.44 Å². The molecule has 0 heterocycles. The van der Waals surface area contributed by atoms with Crippen LogP contribution in [0.5, 0.6) is 0 Å². The van der Waals surface area contributed by atoms with Crippen LogP contribution in [0, 0.1) is 0 Å². The second-order valence-corrected chi connectivity index (χ2v) is 4.45. The van der Waals surface area contributed by atoms with Crippen molar-refractivity contribution in [3.8, 4) is 0 Å². The van der Waals surface area contributed by atoms with Gasteiger partial charge in [-0.25, -0.2) is 0 Å². The maximum atomic E-state index is 11.7. The number of ether oxygens (including phenoxy) is 1. The molecule has 1 aromatic rings. The Labute approximate surface area is 90.9 Å². The lowest BCUT2D eigenvalue weighted by molar-refractivity contribution is -0.115. The van der Waals surface area contributed by atoms with Crippen LogP contribution in [0.15, 0.2) is 30.3 Å². The first-order valence-electron chi connectivity index (χ1n) is 4.38. The van der Waals surface area contributed by atoms with Gasteiger partial charge >= 0.3 is 0 Å². The molecule has 0 aliphatic rings. The van der Waals surface area contributed by atoms with Gasteiger partial charge in [-0.05, 0) is 5.56 Å². The van der Waals surface area contributed by atoms with Crippen molar-refractivity contribution < 1.29 is 13.7 Å². The smallest absolute Gasteiger partial charge is 0.230 e. The Morgan fingerprint density at radius 2 is 2.07 bits per heavy atom. The van der Waals surface area contributed by atoms with Crippen molar-refractivity contribution >= 4 is 16.7 Å². The molecule has 2 atom stereocenters. The summed E-state index contributed by atoms with van der Waals surface area (Å²) in [5.41, 5.74) is 5.16. The molecule has 1 rings (SSSR count). The fraction of sp³-hybridized carbons (Fsp3) is 0.300. The standard InChI is InChI=1S/C10H13NO3S/c1-14-10(15(13)7-9(11)12)8-5-3-2-4-6-8/h2-6,10H,7H2,1H3,(H2,11,12). The van der Waals surface area contributed by atoms with Crippen LogP contribution in [0.4, 0.5) is 0 Å². The SMILES string of the molecule is COC(c1ccccc1)S(=O)CC(N)=O. The van der Waals surface area contributed by atoms with E-state index in [1.165, 1.54) is 7.11 Å². The number of amides is 1. The van der Waals surface area contributed by atoms with E-state index in [0.717, 1.165) is 5.56 Å². The Hall–Kier alpha value is -1.20. The van der Waals surface area contributed by atoms with E-state index in [1.54, 1.807) is 12.1 Å². The van der Waals surface area contributed by atoms with Gasteiger partial charge in [-0.1, -0.05) is 30.3 Å². The van der Waals surface area contributed by atoms with Gasteiger partial charge in [0, 0.05) is 7.11 Å². The number of carbonyl (C=O) groups excluding carboxylic acids is 1. The van der Waals surface area contributed by atoms with Gasteiger partial charge in [-0.2, -0.15) is 0 Å². The number of carbonyl (C=O) groups is 1. The monoisotopic (exact) mass is 227 g/mol. The van der Waals surface area contributed by atoms with Gasteiger partial charge in [-0.3, -0.25) is 9.00 Å². The van der Waals surface area contributed by atoms with Crippen molar-refractivity contribution in [2.24, 2.45) is 5.73 Å². The molecule has 1 amide bonds. The third kappa shape index (κ3) is 3.45. The van der Waals surface area contributed by atoms with Crippen molar-refractivity contribution in [2.45, 2.75) is 5.44 Å². The normalized spacial score (nSPS) is 14.5. The topological polar surface area (TPSA) is 69.4 Å². The number of methoxy groups -OCH3 is 1. The molecule has 5 heteroatoms. The Balaban J connectivity index is 2.80. The van der Waals surface area contributed by atoms with E-state index in [4.69, 9.17) is 10.5 Å². The van der Waals surface area contributed by atoms with E-state index in [0.29, 0.717) is 0 Å². The van der Waals surface area contributed by atoms with E-state index < -0.39 is 22.1 Å². The number of primary amides is 1. The lowest BCUT2D eigenvalue weighted by Crippen LogP contribution is -2.23. The predicted octanol–water partition coefficient (Wildman–Crippen LogP) is 0.566. The zero-order valence-electron chi connectivity index (χ0n) is 8.38. The van der Waals surface area contributed by atoms with E-state index in [2.05, 4.69) is 0 Å². The van der Waals surface area contributed by atoms with Crippen molar-refractivity contribution in [3.05, 3.63) is 35.9 Å². The van der Waals surface area contributed by atoms with E-state index in [-0.39, 0.29) is 5.75 Å². The molecule has 0 aliphatic carbocycles. The number of rotatable bonds is 5. The van der Waals surface area contributed by atoms with Gasteiger partial charge in [-0.15, -0.1) is 0 Å². The van der Waals surface area contributed by atoms with Crippen molar-refractivity contribution in [2.75, 3.05) is 12.9 Å². The summed E-state index contributed by atoms with van der Waals surface area (Å²) in [5, 5.41) is 0. The van der Waals surface area contributed by atoms with E-state index in [9.17, 15) is 9.00 Å². The zero-order chi connectivity index (χ0) is 11.3. The number of benzene rings is 1. The highest BCUT2D eigenvalue weighted by molar-refractivity contribution is 7.85. The molecule has 0 aliphatic heterocycles. The van der Waals surface area contributed by atoms with Crippen molar-refractivity contribution in [1.29, 1.82) is 0 Å². The third-order valence-electron chi connectivity index (χ3n) is 1.81. The highest BCUT2D eigenvalue weighted by atomic mass is 32.2. The van der Waals surface area contributed by atoms with Crippen LogP contribution in [0.3, 0.4) is 0 Å². The molecule has 0 saturated carbocycles. The summed E-state index contributed by atoms with van der Waals surface area (Å²) >= 11 is 0. The molecule has 0 aromatic heterocycles. The second kappa shape index (κ2) is 5.63. The molecule has 15 heavy (non-hydrogen) atoms. The first-order valence-corrected chi connectivity index (χ1v) is 5.76. The minimum atomic E-state index is -1.44. The number of nitrogens with two attached hydrogens (primary N) is 1. The summed E-state index contributed by atoms with van der Waals surface area (Å²) in [6, 6.07) is 9.10. The highest BCUT2D eigenvalue weighted by Gasteiger charge is 2.19. The Morgan fingerprint density at radius 3 is 2.53 bits per heavy atom. The fourth-order valence-corrected chi connectivity index (χ4v) is 2.33. The highest BCUT2D eigenvalue weighted by Crippen LogP contribution is 2.20. The Kier molecular flexibility index (Phi) is 4.45. The average molecular weight is 227 g/mol. The Bertz CT molecular complexity index is 353. The van der Waals surface area contributed by atoms with Crippen molar-refractivity contribution in [1.82, 2.24) is 0 Å². The molecule has 0 bridgehead atoms. The molecule has 0 radical (unpaired) electrons. The molecule has 2 N–H and O–H groups in total. The van der Waals surface area contributed by atoms with Crippen LogP contribution in [-0.4, -0.2) is 23.0 Å². The van der Waals surface area contributed by atoms with Crippen LogP contribution >= 0.6 is 0 Å². The van der Waals surface area contributed by atoms with Crippen LogP contribution in [0.25, 0.3) is 0 Å². The van der Waals surface area contributed by atoms with Gasteiger partial charge in [0.2, 0.25) is 5.91 Å². The summed E-state index contributed by atoms with van der Waals surface area (Å²) in [5.74, 6) is -0.778. The molecule has 2 unspecified atom stereocenters. The summed E-state index contributed by atoms with van der Waals surface area (Å²) in [7, 11) is 0.0192. The van der Waals surface area contributed by atoms with Crippen LogP contribution in [0.1, 0.15) is 11.0 Å². The fourth-order valence-electron chi connectivity index (χ4n) is 1.22. The van der Waals surface area contributed by atoms with Gasteiger partial charge in [0.25, 0.3) is 0 Å². The average Bonchev–Trinajstić information content (AvgIpc) is 2.19. The second-order valence-electron chi connectivity index (χ2n) is 2.97. The molecule has 0 saturated heterocycles. The maximum absolute atomic E-state index is 11.7. The third-order valence-corrected chi connectivity index (χ3v) is 3.32. The van der Waals surface area contributed by atoms with Gasteiger partial charge in [0.1, 0.15) is 5.75 Å². The molecular weight excluding hydrogens is 214 g/mol. The molecule has 1 aromatic carbocycles. The summed E-state index contributed by atoms with van der Waals surface area (Å²) in [4.78, 5) is 10.6. The van der Waals surface area contributed by atoms with Crippen LogP contribution in [-0.2, 0) is 20.3 Å². The van der Waals surface area contributed by atoms with Crippen LogP contribution in [0.2, 0.25) is 0 Å². The molecule has 0 fully saturated rings. The predicted molar refractivity (Wildman–Crippen MR) is 58.4 cm³/mol. The van der Waals surface area contributed by atoms with Crippen LogP contribution < -0.4 is 5.73 Å². The number of hydrogen-bond acceptors (Lipinski definition) is 3. The quantitative estimate of drug-likeness (QED) is 0.799. The van der Waals surface area contributed by atoms with E-state index in [1.807, 2.05) is 18.2 Å². The minimum Gasteiger partial charge on any atom is -0.369 e. The lowest BCUT2D eigenvalue weighted by Gasteiger charge is -2.14. The molecule has 82 valence electrons. The van der Waals surface area contributed by atoms with Crippen molar-refractivity contribution in [3.63, 3.8) is 0 Å². The maximum Gasteiger partial charge on any atom is 0.230 e. The number of hydrogen-bond donors (Lipinski definition) is 1. The lowest BCUT2D eigenvalue weighted by atomic mass is 10.2. The molecular formula is C10H13NO3S. The summed E-state index contributed by atoms with van der Waals surface area (Å²) in [6.45, 7) is 0. The largest absolute Gasteiger partial charge is 0.369 e.